The predicted octanol–water partition coefficient (Wildman–Crippen LogP) is 3.21. The van der Waals surface area contributed by atoms with E-state index in [9.17, 15) is 4.79 Å². The number of ether oxygens (including phenoxy) is 2. The first kappa shape index (κ1) is 19.5. The number of hydrogen-bond acceptors (Lipinski definition) is 7. The van der Waals surface area contributed by atoms with Gasteiger partial charge in [0.25, 0.3) is 5.91 Å². The third kappa shape index (κ3) is 3.46. The lowest BCUT2D eigenvalue weighted by Crippen LogP contribution is -2.37. The Hall–Kier alpha value is -2.49. The van der Waals surface area contributed by atoms with Gasteiger partial charge in [-0.15, -0.1) is 11.3 Å². The third-order valence-corrected chi connectivity index (χ3v) is 6.78. The normalized spacial score (nSPS) is 17.7. The van der Waals surface area contributed by atoms with E-state index in [-0.39, 0.29) is 17.8 Å². The quantitative estimate of drug-likeness (QED) is 0.600. The highest BCUT2D eigenvalue weighted by molar-refractivity contribution is 7.16. The number of rotatable bonds is 6. The number of nitrogens with zero attached hydrogens (tertiary/aromatic N) is 4. The van der Waals surface area contributed by atoms with Crippen molar-refractivity contribution in [1.29, 1.82) is 0 Å². The average Bonchev–Trinajstić information content (AvgIpc) is 3.52. The lowest BCUT2D eigenvalue weighted by Gasteiger charge is -2.22. The minimum atomic E-state index is -0.203. The van der Waals surface area contributed by atoms with Crippen molar-refractivity contribution in [3.63, 3.8) is 0 Å². The van der Waals surface area contributed by atoms with Crippen molar-refractivity contribution in [2.45, 2.75) is 38.4 Å². The van der Waals surface area contributed by atoms with E-state index in [0.29, 0.717) is 24.0 Å². The molecule has 0 radical (unpaired) electrons. The number of carbonyl (C=O) groups is 1. The van der Waals surface area contributed by atoms with Gasteiger partial charge in [-0.25, -0.2) is 4.98 Å². The van der Waals surface area contributed by atoms with Gasteiger partial charge in [0.05, 0.1) is 24.5 Å². The zero-order valence-electron chi connectivity index (χ0n) is 17.1. The molecule has 3 aromatic heterocycles. The van der Waals surface area contributed by atoms with E-state index in [2.05, 4.69) is 5.10 Å². The maximum absolute atomic E-state index is 13.4. The van der Waals surface area contributed by atoms with E-state index in [4.69, 9.17) is 18.9 Å². The molecule has 2 aliphatic rings. The van der Waals surface area contributed by atoms with E-state index < -0.39 is 0 Å². The highest BCUT2D eigenvalue weighted by atomic mass is 32.1. The summed E-state index contributed by atoms with van der Waals surface area (Å²) in [6, 6.07) is 3.47. The molecule has 1 aliphatic heterocycles. The molecule has 3 aromatic rings. The van der Waals surface area contributed by atoms with Gasteiger partial charge in [-0.2, -0.15) is 5.10 Å². The Kier molecular flexibility index (Phi) is 5.18. The molecule has 0 spiro atoms. The standard InChI is InChI=1S/C21H24N4O4S/c1-24-16-6-8-18-19(15(16)10-22-24)23-21(30-18)25(11-13-4-3-9-28-13)20(26)17-7-5-14(29-17)12-27-2/h5,7,10,13H,3-4,6,8-9,11-12H2,1-2H3/t13-/m0/s1. The van der Waals surface area contributed by atoms with Crippen LogP contribution in [0, 0.1) is 0 Å². The molecule has 0 saturated carbocycles. The first-order chi connectivity index (χ1) is 14.6. The van der Waals surface area contributed by atoms with Gasteiger partial charge in [0.2, 0.25) is 0 Å². The molecule has 0 N–H and O–H groups in total. The Labute approximate surface area is 178 Å². The average molecular weight is 429 g/mol. The molecular formula is C21H24N4O4S. The fourth-order valence-corrected chi connectivity index (χ4v) is 5.19. The van der Waals surface area contributed by atoms with Gasteiger partial charge >= 0.3 is 0 Å². The van der Waals surface area contributed by atoms with Crippen LogP contribution in [0.2, 0.25) is 0 Å². The van der Waals surface area contributed by atoms with Gasteiger partial charge in [-0.3, -0.25) is 14.4 Å². The molecule has 4 heterocycles. The number of carbonyl (C=O) groups excluding carboxylic acids is 1. The SMILES string of the molecule is COCc1ccc(C(=O)N(C[C@@H]2CCCO2)c2nc3c(s2)CCc2c-3cnn2C)o1. The van der Waals surface area contributed by atoms with Crippen molar-refractivity contribution < 1.29 is 18.7 Å². The van der Waals surface area contributed by atoms with Crippen LogP contribution >= 0.6 is 11.3 Å². The fourth-order valence-electron chi connectivity index (χ4n) is 4.11. The summed E-state index contributed by atoms with van der Waals surface area (Å²) in [5, 5.41) is 5.07. The van der Waals surface area contributed by atoms with Crippen LogP contribution in [0.25, 0.3) is 11.3 Å². The number of methoxy groups -OCH3 is 1. The van der Waals surface area contributed by atoms with Gasteiger partial charge in [0, 0.05) is 36.9 Å². The van der Waals surface area contributed by atoms with Crippen molar-refractivity contribution in [1.82, 2.24) is 14.8 Å². The molecule has 1 fully saturated rings. The van der Waals surface area contributed by atoms with Crippen LogP contribution in [0.1, 0.15) is 39.7 Å². The predicted molar refractivity (Wildman–Crippen MR) is 112 cm³/mol. The summed E-state index contributed by atoms with van der Waals surface area (Å²) in [6.45, 7) is 1.53. The smallest absolute Gasteiger partial charge is 0.295 e. The largest absolute Gasteiger partial charge is 0.453 e. The molecule has 1 atom stereocenters. The van der Waals surface area contributed by atoms with Gasteiger partial charge < -0.3 is 13.9 Å². The van der Waals surface area contributed by atoms with Crippen molar-refractivity contribution in [2.75, 3.05) is 25.2 Å². The topological polar surface area (TPSA) is 82.6 Å². The number of amides is 1. The molecular weight excluding hydrogens is 404 g/mol. The Morgan fingerprint density at radius 3 is 3.10 bits per heavy atom. The molecule has 0 aromatic carbocycles. The zero-order valence-corrected chi connectivity index (χ0v) is 17.9. The highest BCUT2D eigenvalue weighted by Crippen LogP contribution is 2.39. The van der Waals surface area contributed by atoms with Crippen LogP contribution in [0.15, 0.2) is 22.7 Å². The number of aryl methyl sites for hydroxylation is 2. The molecule has 1 amide bonds. The van der Waals surface area contributed by atoms with E-state index >= 15 is 0 Å². The summed E-state index contributed by atoms with van der Waals surface area (Å²) >= 11 is 1.57. The van der Waals surface area contributed by atoms with E-state index in [1.807, 2.05) is 17.9 Å². The molecule has 0 unspecified atom stereocenters. The lowest BCUT2D eigenvalue weighted by molar-refractivity contribution is 0.0888. The number of furan rings is 1. The number of aromatic nitrogens is 3. The number of hydrogen-bond donors (Lipinski definition) is 0. The first-order valence-corrected chi connectivity index (χ1v) is 11.0. The molecule has 1 saturated heterocycles. The van der Waals surface area contributed by atoms with Crippen LogP contribution in [0.4, 0.5) is 5.13 Å². The lowest BCUT2D eigenvalue weighted by atomic mass is 10.0. The van der Waals surface area contributed by atoms with Crippen LogP contribution in [0.5, 0.6) is 0 Å². The number of anilines is 1. The minimum absolute atomic E-state index is 0.0113. The highest BCUT2D eigenvalue weighted by Gasteiger charge is 2.31. The Morgan fingerprint density at radius 2 is 2.30 bits per heavy atom. The maximum Gasteiger partial charge on any atom is 0.295 e. The van der Waals surface area contributed by atoms with E-state index in [1.54, 1.807) is 35.5 Å². The molecule has 5 rings (SSSR count). The summed E-state index contributed by atoms with van der Waals surface area (Å²) in [5.74, 6) is 0.706. The van der Waals surface area contributed by atoms with Crippen LogP contribution in [-0.4, -0.2) is 47.0 Å². The second kappa shape index (κ2) is 7.98. The van der Waals surface area contributed by atoms with Crippen LogP contribution < -0.4 is 4.90 Å². The van der Waals surface area contributed by atoms with Crippen molar-refractivity contribution in [2.24, 2.45) is 7.05 Å². The summed E-state index contributed by atoms with van der Waals surface area (Å²) in [7, 11) is 3.55. The van der Waals surface area contributed by atoms with Crippen molar-refractivity contribution in [3.05, 3.63) is 40.4 Å². The molecule has 1 aliphatic carbocycles. The Bertz CT molecular complexity index is 1060. The van der Waals surface area contributed by atoms with Gasteiger partial charge in [-0.05, 0) is 37.8 Å². The second-order valence-electron chi connectivity index (χ2n) is 7.65. The summed E-state index contributed by atoms with van der Waals surface area (Å²) in [6.07, 6.45) is 5.66. The Balaban J connectivity index is 1.49. The molecule has 8 nitrogen and oxygen atoms in total. The monoisotopic (exact) mass is 428 g/mol. The van der Waals surface area contributed by atoms with Crippen molar-refractivity contribution >= 4 is 22.4 Å². The fraction of sp³-hybridized carbons (Fsp3) is 0.476. The summed E-state index contributed by atoms with van der Waals surface area (Å²) in [4.78, 5) is 21.2. The van der Waals surface area contributed by atoms with Gasteiger partial charge in [0.15, 0.2) is 10.9 Å². The molecule has 158 valence electrons. The van der Waals surface area contributed by atoms with Gasteiger partial charge in [-0.1, -0.05) is 0 Å². The minimum Gasteiger partial charge on any atom is -0.453 e. The van der Waals surface area contributed by atoms with Crippen molar-refractivity contribution in [3.8, 4) is 11.3 Å². The summed E-state index contributed by atoms with van der Waals surface area (Å²) in [5.41, 5.74) is 3.19. The van der Waals surface area contributed by atoms with Crippen LogP contribution in [-0.2, 0) is 36.0 Å². The maximum atomic E-state index is 13.4. The van der Waals surface area contributed by atoms with Gasteiger partial charge in [0.1, 0.15) is 12.4 Å². The Morgan fingerprint density at radius 1 is 1.40 bits per heavy atom. The van der Waals surface area contributed by atoms with Crippen LogP contribution in [0.3, 0.4) is 0 Å². The van der Waals surface area contributed by atoms with E-state index in [1.165, 1.54) is 10.6 Å². The van der Waals surface area contributed by atoms with E-state index in [0.717, 1.165) is 43.5 Å². The summed E-state index contributed by atoms with van der Waals surface area (Å²) < 4.78 is 18.6. The third-order valence-electron chi connectivity index (χ3n) is 5.64. The molecule has 30 heavy (non-hydrogen) atoms. The molecule has 0 bridgehead atoms. The first-order valence-electron chi connectivity index (χ1n) is 10.2. The zero-order chi connectivity index (χ0) is 20.7. The molecule has 9 heteroatoms. The number of thiazole rings is 1. The second-order valence-corrected chi connectivity index (χ2v) is 8.71. The number of fused-ring (bicyclic) bond motifs is 3.